The lowest BCUT2D eigenvalue weighted by atomic mass is 9.94. The standard InChI is InChI=1S/C47H52N4O8SSi/c1-28(2)61(29(3)4,30(5)6)59-39-24-33-20-23-38(58-27-32-14-10-9-11-15-32)43(48-25-40(52)53)41(33)46(54)45-44(39)49-42(47(50-45)57-8)36-26-51(37-17-13-12-16-35(36)37)60(55,56)34-21-18-31(7)19-22-34/h9-19,21-22,24,26,28-30,48H,20,23,25,27H2,1-8H3,(H,52,53). The molecule has 6 aromatic rings. The van der Waals surface area contributed by atoms with Crippen molar-refractivity contribution in [1.29, 1.82) is 0 Å². The van der Waals surface area contributed by atoms with Gasteiger partial charge in [-0.25, -0.2) is 22.4 Å². The molecule has 0 unspecified atom stereocenters. The van der Waals surface area contributed by atoms with Crippen LogP contribution >= 0.6 is 0 Å². The van der Waals surface area contributed by atoms with Gasteiger partial charge >= 0.3 is 5.97 Å². The number of para-hydroxylation sites is 1. The number of carboxylic acid groups (broad SMARTS) is 1. The van der Waals surface area contributed by atoms with Gasteiger partial charge in [-0.1, -0.05) is 108 Å². The topological polar surface area (TPSA) is 159 Å². The molecule has 2 heterocycles. The Hall–Kier alpha value is -5.99. The van der Waals surface area contributed by atoms with Crippen molar-refractivity contribution in [2.75, 3.05) is 13.7 Å². The minimum atomic E-state index is -4.07. The van der Waals surface area contributed by atoms with Gasteiger partial charge < -0.3 is 24.3 Å². The third-order valence-electron chi connectivity index (χ3n) is 11.7. The second kappa shape index (κ2) is 17.2. The molecule has 0 radical (unpaired) electrons. The molecule has 318 valence electrons. The van der Waals surface area contributed by atoms with Crippen LogP contribution in [0.15, 0.2) is 107 Å². The lowest BCUT2D eigenvalue weighted by Crippen LogP contribution is -2.50. The minimum Gasteiger partial charge on any atom is -0.541 e. The van der Waals surface area contributed by atoms with Gasteiger partial charge in [0.25, 0.3) is 18.3 Å². The van der Waals surface area contributed by atoms with Crippen LogP contribution in [0.5, 0.6) is 11.6 Å². The zero-order valence-corrected chi connectivity index (χ0v) is 37.6. The van der Waals surface area contributed by atoms with Crippen molar-refractivity contribution in [3.8, 4) is 22.9 Å². The fourth-order valence-corrected chi connectivity index (χ4v) is 15.5. The number of methoxy groups -OCH3 is 1. The SMILES string of the molecule is COc1nc2c(=O)c3c(cc(O[Si](C(C)C)(C(C)C)C(C)C)c2nc1-c1cn(S(=O)(=O)c2ccc(C)cc2)c2ccccc12)CCC(OCc1ccccc1)=C3NCC(=O)O. The van der Waals surface area contributed by atoms with Gasteiger partial charge in [0, 0.05) is 23.6 Å². The van der Waals surface area contributed by atoms with Gasteiger partial charge in [0.1, 0.15) is 41.4 Å². The normalized spacial score (nSPS) is 13.3. The Morgan fingerprint density at radius 1 is 0.885 bits per heavy atom. The molecule has 1 aliphatic carbocycles. The van der Waals surface area contributed by atoms with E-state index in [1.165, 1.54) is 17.3 Å². The van der Waals surface area contributed by atoms with Crippen LogP contribution in [-0.2, 0) is 32.6 Å². The highest BCUT2D eigenvalue weighted by molar-refractivity contribution is 7.90. The summed E-state index contributed by atoms with van der Waals surface area (Å²) in [6.45, 7) is 14.6. The minimum absolute atomic E-state index is 0.00777. The average Bonchev–Trinajstić information content (AvgIpc) is 3.59. The molecule has 0 saturated carbocycles. The van der Waals surface area contributed by atoms with E-state index in [9.17, 15) is 18.3 Å². The first-order valence-electron chi connectivity index (χ1n) is 20.5. The van der Waals surface area contributed by atoms with Gasteiger partial charge in [-0.2, -0.15) is 0 Å². The van der Waals surface area contributed by atoms with Gasteiger partial charge in [0.2, 0.25) is 11.3 Å². The molecule has 2 N–H and O–H groups in total. The molecule has 14 heteroatoms. The molecule has 61 heavy (non-hydrogen) atoms. The van der Waals surface area contributed by atoms with E-state index >= 15 is 4.79 Å². The van der Waals surface area contributed by atoms with Gasteiger partial charge in [-0.05, 0) is 65.4 Å². The third kappa shape index (κ3) is 8.01. The van der Waals surface area contributed by atoms with E-state index in [1.807, 2.05) is 55.5 Å². The highest BCUT2D eigenvalue weighted by Crippen LogP contribution is 2.45. The van der Waals surface area contributed by atoms with Crippen molar-refractivity contribution in [1.82, 2.24) is 19.3 Å². The predicted molar refractivity (Wildman–Crippen MR) is 241 cm³/mol. The first kappa shape index (κ1) is 43.1. The van der Waals surface area contributed by atoms with Crippen molar-refractivity contribution in [2.24, 2.45) is 0 Å². The summed E-state index contributed by atoms with van der Waals surface area (Å²) in [5.74, 6) is -0.299. The summed E-state index contributed by atoms with van der Waals surface area (Å²) < 4.78 is 49.5. The van der Waals surface area contributed by atoms with Gasteiger partial charge in [0.05, 0.1) is 28.8 Å². The van der Waals surface area contributed by atoms with Crippen LogP contribution < -0.4 is 19.9 Å². The number of ether oxygens (including phenoxy) is 2. The van der Waals surface area contributed by atoms with E-state index in [0.29, 0.717) is 46.4 Å². The first-order valence-corrected chi connectivity index (χ1v) is 24.1. The molecule has 0 saturated heterocycles. The maximum absolute atomic E-state index is 15.2. The average molecular weight is 861 g/mol. The Kier molecular flexibility index (Phi) is 12.1. The number of nitrogens with one attached hydrogen (secondary N) is 1. The number of aryl methyl sites for hydroxylation is 2. The lowest BCUT2D eigenvalue weighted by molar-refractivity contribution is -0.135. The van der Waals surface area contributed by atoms with E-state index in [4.69, 9.17) is 23.9 Å². The van der Waals surface area contributed by atoms with Crippen molar-refractivity contribution in [2.45, 2.75) is 89.4 Å². The molecule has 0 fully saturated rings. The Morgan fingerprint density at radius 3 is 2.18 bits per heavy atom. The molecule has 0 aliphatic heterocycles. The van der Waals surface area contributed by atoms with Gasteiger partial charge in [0.15, 0.2) is 0 Å². The van der Waals surface area contributed by atoms with Crippen LogP contribution in [0.25, 0.3) is 38.9 Å². The number of fused-ring (bicyclic) bond motifs is 3. The zero-order chi connectivity index (χ0) is 43.8. The monoisotopic (exact) mass is 860 g/mol. The largest absolute Gasteiger partial charge is 0.541 e. The molecule has 1 aliphatic rings. The quantitative estimate of drug-likeness (QED) is 0.0949. The number of nitrogens with zero attached hydrogens (tertiary/aromatic N) is 3. The van der Waals surface area contributed by atoms with E-state index in [-0.39, 0.29) is 62.0 Å². The van der Waals surface area contributed by atoms with Gasteiger partial charge in [-0.15, -0.1) is 0 Å². The first-order chi connectivity index (χ1) is 29.1. The number of rotatable bonds is 15. The smallest absolute Gasteiger partial charge is 0.322 e. The molecule has 0 bridgehead atoms. The van der Waals surface area contributed by atoms with Crippen LogP contribution in [0.3, 0.4) is 0 Å². The van der Waals surface area contributed by atoms with Crippen LogP contribution in [-0.4, -0.2) is 55.4 Å². The number of aliphatic carboxylic acids is 1. The van der Waals surface area contributed by atoms with Crippen LogP contribution in [0, 0.1) is 6.92 Å². The van der Waals surface area contributed by atoms with E-state index in [2.05, 4.69) is 46.9 Å². The molecule has 0 atom stereocenters. The lowest BCUT2D eigenvalue weighted by Gasteiger charge is -2.42. The van der Waals surface area contributed by atoms with Crippen molar-refractivity contribution in [3.63, 3.8) is 0 Å². The molecular weight excluding hydrogens is 809 g/mol. The molecule has 0 spiro atoms. The van der Waals surface area contributed by atoms with E-state index in [0.717, 1.165) is 11.1 Å². The number of allylic oxidation sites excluding steroid dienone is 1. The van der Waals surface area contributed by atoms with Gasteiger partial charge in [-0.3, -0.25) is 9.59 Å². The Morgan fingerprint density at radius 2 is 1.54 bits per heavy atom. The zero-order valence-electron chi connectivity index (χ0n) is 35.8. The summed E-state index contributed by atoms with van der Waals surface area (Å²) in [7, 11) is -5.39. The molecule has 2 aromatic heterocycles. The number of hydrogen-bond acceptors (Lipinski definition) is 10. The molecule has 0 amide bonds. The maximum Gasteiger partial charge on any atom is 0.322 e. The molecule has 12 nitrogen and oxygen atoms in total. The van der Waals surface area contributed by atoms with Crippen molar-refractivity contribution < 1.29 is 32.2 Å². The Bertz CT molecular complexity index is 2820. The summed E-state index contributed by atoms with van der Waals surface area (Å²) in [6.07, 6.45) is 2.29. The fraction of sp³-hybridized carbons (Fsp3) is 0.319. The second-order valence-electron chi connectivity index (χ2n) is 16.4. The number of hydrogen-bond donors (Lipinski definition) is 2. The number of carboxylic acids is 1. The third-order valence-corrected chi connectivity index (χ3v) is 19.4. The van der Waals surface area contributed by atoms with E-state index < -0.39 is 36.3 Å². The van der Waals surface area contributed by atoms with Crippen molar-refractivity contribution in [3.05, 3.63) is 129 Å². The summed E-state index contributed by atoms with van der Waals surface area (Å²) in [4.78, 5) is 37.5. The summed E-state index contributed by atoms with van der Waals surface area (Å²) in [5, 5.41) is 13.4. The highest BCUT2D eigenvalue weighted by Gasteiger charge is 2.47. The molecule has 4 aromatic carbocycles. The number of aromatic nitrogens is 3. The van der Waals surface area contributed by atoms with Crippen LogP contribution in [0.2, 0.25) is 16.6 Å². The fourth-order valence-electron chi connectivity index (χ4n) is 8.84. The maximum atomic E-state index is 15.2. The van der Waals surface area contributed by atoms with Crippen LogP contribution in [0.4, 0.5) is 0 Å². The van der Waals surface area contributed by atoms with E-state index in [1.54, 1.807) is 36.4 Å². The number of benzene rings is 3. The molecule has 7 rings (SSSR count). The summed E-state index contributed by atoms with van der Waals surface area (Å²) >= 11 is 0. The predicted octanol–water partition coefficient (Wildman–Crippen LogP) is 9.23. The number of carbonyl (C=O) groups is 1. The summed E-state index contributed by atoms with van der Waals surface area (Å²) in [6, 6.07) is 25.3. The Balaban J connectivity index is 1.54. The molecular formula is C47H52N4O8SSi. The highest BCUT2D eigenvalue weighted by atomic mass is 32.2. The van der Waals surface area contributed by atoms with Crippen LogP contribution in [0.1, 0.15) is 70.2 Å². The second-order valence-corrected chi connectivity index (χ2v) is 23.6. The summed E-state index contributed by atoms with van der Waals surface area (Å²) in [5.41, 5.74) is 4.07. The Labute approximate surface area is 357 Å². The van der Waals surface area contributed by atoms with Crippen molar-refractivity contribution >= 4 is 51.9 Å².